The van der Waals surface area contributed by atoms with Crippen molar-refractivity contribution in [1.29, 1.82) is 0 Å². The van der Waals surface area contributed by atoms with E-state index in [2.05, 4.69) is 15.9 Å². The Hall–Kier alpha value is 0.0249. The molecule has 2 radical (unpaired) electrons. The van der Waals surface area contributed by atoms with Crippen LogP contribution in [0.4, 0.5) is 0 Å². The summed E-state index contributed by atoms with van der Waals surface area (Å²) >= 11 is 3.27. The van der Waals surface area contributed by atoms with Crippen molar-refractivity contribution in [1.82, 2.24) is 0 Å². The van der Waals surface area contributed by atoms with E-state index in [1.807, 2.05) is 19.9 Å². The molecule has 0 aliphatic heterocycles. The lowest BCUT2D eigenvalue weighted by Crippen LogP contribution is -1.72. The van der Waals surface area contributed by atoms with Crippen LogP contribution in [0.3, 0.4) is 0 Å². The van der Waals surface area contributed by atoms with E-state index in [0.717, 1.165) is 10.1 Å². The Bertz CT molecular complexity index is 108. The van der Waals surface area contributed by atoms with E-state index in [1.54, 1.807) is 0 Å². The highest BCUT2D eigenvalue weighted by Gasteiger charge is 1.86. The molecule has 0 spiro atoms. The molecule has 0 amide bonds. The molecule has 42 valence electrons. The van der Waals surface area contributed by atoms with Gasteiger partial charge in [0.05, 0.1) is 0 Å². The van der Waals surface area contributed by atoms with Gasteiger partial charge in [-0.2, -0.15) is 0 Å². The zero-order valence-electron chi connectivity index (χ0n) is 5.11. The van der Waals surface area contributed by atoms with Crippen molar-refractivity contribution in [2.24, 2.45) is 0 Å². The number of halogens is 1. The minimum absolute atomic E-state index is 0.958. The predicted octanol–water partition coefficient (Wildman–Crippen LogP) is 2.36. The van der Waals surface area contributed by atoms with Crippen molar-refractivity contribution >= 4 is 23.8 Å². The summed E-state index contributed by atoms with van der Waals surface area (Å²) in [6, 6.07) is 0. The maximum Gasteiger partial charge on any atom is 0.104 e. The second-order valence-corrected chi connectivity index (χ2v) is 2.34. The Kier molecular flexibility index (Phi) is 3.97. The summed E-state index contributed by atoms with van der Waals surface area (Å²) in [4.78, 5) is 0. The quantitative estimate of drug-likeness (QED) is 0.419. The van der Waals surface area contributed by atoms with Gasteiger partial charge in [0.2, 0.25) is 0 Å². The lowest BCUT2D eigenvalue weighted by molar-refractivity contribution is 1.47. The average Bonchev–Trinajstić information content (AvgIpc) is 1.84. The molecule has 0 aromatic rings. The van der Waals surface area contributed by atoms with Crippen LogP contribution in [-0.4, -0.2) is 7.85 Å². The normalized spacial score (nSPS) is 14.4. The van der Waals surface area contributed by atoms with Crippen LogP contribution < -0.4 is 0 Å². The van der Waals surface area contributed by atoms with Crippen LogP contribution in [0.2, 0.25) is 0 Å². The van der Waals surface area contributed by atoms with E-state index in [1.165, 1.54) is 5.98 Å². The topological polar surface area (TPSA) is 0 Å². The largest absolute Gasteiger partial charge is 0.117 e. The Labute approximate surface area is 60.2 Å². The molecule has 0 aromatic heterocycles. The van der Waals surface area contributed by atoms with Crippen molar-refractivity contribution in [2.45, 2.75) is 13.8 Å². The Morgan fingerprint density at radius 1 is 1.62 bits per heavy atom. The third kappa shape index (κ3) is 2.36. The van der Waals surface area contributed by atoms with Crippen molar-refractivity contribution in [3.8, 4) is 0 Å². The van der Waals surface area contributed by atoms with Gasteiger partial charge in [0.25, 0.3) is 0 Å². The van der Waals surface area contributed by atoms with Crippen molar-refractivity contribution in [2.75, 3.05) is 0 Å². The van der Waals surface area contributed by atoms with Crippen molar-refractivity contribution in [3.63, 3.8) is 0 Å². The molecule has 0 N–H and O–H groups in total. The number of allylic oxidation sites excluding steroid dienone is 3. The lowest BCUT2D eigenvalue weighted by Gasteiger charge is -1.93. The van der Waals surface area contributed by atoms with Crippen molar-refractivity contribution in [3.05, 3.63) is 22.1 Å². The summed E-state index contributed by atoms with van der Waals surface area (Å²) in [5, 5.41) is 0. The Morgan fingerprint density at radius 2 is 2.12 bits per heavy atom. The van der Waals surface area contributed by atoms with Gasteiger partial charge < -0.3 is 0 Å². The molecule has 0 aromatic carbocycles. The Balaban J connectivity index is 4.04. The second-order valence-electron chi connectivity index (χ2n) is 1.49. The number of hydrogen-bond donors (Lipinski definition) is 0. The Morgan fingerprint density at radius 3 is 2.25 bits per heavy atom. The van der Waals surface area contributed by atoms with E-state index in [-0.39, 0.29) is 0 Å². The summed E-state index contributed by atoms with van der Waals surface area (Å²) in [6.07, 6.45) is 1.99. The summed E-state index contributed by atoms with van der Waals surface area (Å²) in [5.74, 6) is 1.54. The molecule has 0 aliphatic rings. The molecule has 0 atom stereocenters. The van der Waals surface area contributed by atoms with Gasteiger partial charge in [-0.05, 0) is 19.4 Å². The molecule has 8 heavy (non-hydrogen) atoms. The molecule has 0 heterocycles. The monoisotopic (exact) mass is 170 g/mol. The third-order valence-electron chi connectivity index (χ3n) is 0.956. The van der Waals surface area contributed by atoms with Crippen LogP contribution >= 0.6 is 15.9 Å². The van der Waals surface area contributed by atoms with Gasteiger partial charge >= 0.3 is 0 Å². The molecule has 0 fully saturated rings. The first-order chi connectivity index (χ1) is 3.72. The van der Waals surface area contributed by atoms with E-state index in [9.17, 15) is 0 Å². The zero-order valence-corrected chi connectivity index (χ0v) is 6.70. The number of rotatable bonds is 1. The molecule has 0 unspecified atom stereocenters. The molecular formula is C6H8BBr. The van der Waals surface area contributed by atoms with Crippen LogP contribution in [0.15, 0.2) is 22.1 Å². The molecule has 0 rings (SSSR count). The SMILES string of the molecule is [B]C=C(Br)C(C)=CC. The fourth-order valence-corrected chi connectivity index (χ4v) is 0.498. The molecule has 0 aliphatic carbocycles. The van der Waals surface area contributed by atoms with E-state index >= 15 is 0 Å². The lowest BCUT2D eigenvalue weighted by atomic mass is 10.1. The molecule has 0 bridgehead atoms. The van der Waals surface area contributed by atoms with Crippen LogP contribution in [0.25, 0.3) is 0 Å². The predicted molar refractivity (Wildman–Crippen MR) is 42.2 cm³/mol. The standard InChI is InChI=1S/C6H8BBr/c1-3-5(2)6(8)4-7/h3-4H,1-2H3. The highest BCUT2D eigenvalue weighted by atomic mass is 79.9. The van der Waals surface area contributed by atoms with Gasteiger partial charge in [0, 0.05) is 4.48 Å². The van der Waals surface area contributed by atoms with Gasteiger partial charge in [0.1, 0.15) is 7.85 Å². The van der Waals surface area contributed by atoms with E-state index in [4.69, 9.17) is 7.85 Å². The van der Waals surface area contributed by atoms with Gasteiger partial charge in [-0.3, -0.25) is 0 Å². The van der Waals surface area contributed by atoms with Crippen LogP contribution in [0.1, 0.15) is 13.8 Å². The maximum absolute atomic E-state index is 5.20. The summed E-state index contributed by atoms with van der Waals surface area (Å²) < 4.78 is 0.958. The smallest absolute Gasteiger partial charge is 0.104 e. The van der Waals surface area contributed by atoms with Gasteiger partial charge in [-0.1, -0.05) is 22.0 Å². The zero-order chi connectivity index (χ0) is 6.57. The molecule has 0 saturated carbocycles. The van der Waals surface area contributed by atoms with Crippen LogP contribution in [0, 0.1) is 0 Å². The fraction of sp³-hybridized carbons (Fsp3) is 0.333. The first-order valence-corrected chi connectivity index (χ1v) is 3.22. The van der Waals surface area contributed by atoms with E-state index < -0.39 is 0 Å². The average molecular weight is 171 g/mol. The minimum atomic E-state index is 0.958. The number of hydrogen-bond acceptors (Lipinski definition) is 0. The summed E-state index contributed by atoms with van der Waals surface area (Å²) in [5.41, 5.74) is 1.16. The second kappa shape index (κ2) is 3.96. The van der Waals surface area contributed by atoms with Gasteiger partial charge in [-0.25, -0.2) is 0 Å². The van der Waals surface area contributed by atoms with Gasteiger partial charge in [0.15, 0.2) is 0 Å². The molecular weight excluding hydrogens is 163 g/mol. The molecule has 0 nitrogen and oxygen atoms in total. The van der Waals surface area contributed by atoms with Crippen LogP contribution in [0.5, 0.6) is 0 Å². The summed E-state index contributed by atoms with van der Waals surface area (Å²) in [7, 11) is 5.20. The molecule has 0 saturated heterocycles. The van der Waals surface area contributed by atoms with Gasteiger partial charge in [-0.15, -0.1) is 5.98 Å². The van der Waals surface area contributed by atoms with E-state index in [0.29, 0.717) is 0 Å². The minimum Gasteiger partial charge on any atom is -0.117 e. The highest BCUT2D eigenvalue weighted by molar-refractivity contribution is 9.12. The first-order valence-electron chi connectivity index (χ1n) is 2.43. The first kappa shape index (κ1) is 8.02. The third-order valence-corrected chi connectivity index (χ3v) is 1.85. The fourth-order valence-electron chi connectivity index (χ4n) is 0.269. The van der Waals surface area contributed by atoms with Crippen LogP contribution in [-0.2, 0) is 0 Å². The summed E-state index contributed by atoms with van der Waals surface area (Å²) in [6.45, 7) is 3.97. The highest BCUT2D eigenvalue weighted by Crippen LogP contribution is 2.13. The molecule has 2 heteroatoms. The maximum atomic E-state index is 5.20. The van der Waals surface area contributed by atoms with Crippen molar-refractivity contribution < 1.29 is 0 Å².